The van der Waals surface area contributed by atoms with E-state index in [4.69, 9.17) is 9.26 Å². The SMILES string of the molecule is Cc1cc(-c2ccc3c(c2)OCC3NC(=O)c2nnn(C)n2)no1. The Morgan fingerprint density at radius 1 is 1.38 bits per heavy atom. The van der Waals surface area contributed by atoms with Crippen LogP contribution < -0.4 is 10.1 Å². The molecule has 1 unspecified atom stereocenters. The highest BCUT2D eigenvalue weighted by Gasteiger charge is 2.27. The fraction of sp³-hybridized carbons (Fsp3) is 0.267. The van der Waals surface area contributed by atoms with Crippen molar-refractivity contribution < 1.29 is 14.1 Å². The lowest BCUT2D eigenvalue weighted by molar-refractivity contribution is 0.0919. The van der Waals surface area contributed by atoms with Crippen LogP contribution in [0.5, 0.6) is 5.75 Å². The number of nitrogens with one attached hydrogen (secondary N) is 1. The number of ether oxygens (including phenoxy) is 1. The molecular formula is C15H14N6O3. The molecular weight excluding hydrogens is 312 g/mol. The number of amides is 1. The first-order chi connectivity index (χ1) is 11.6. The zero-order valence-electron chi connectivity index (χ0n) is 13.1. The summed E-state index contributed by atoms with van der Waals surface area (Å²) in [6.45, 7) is 2.19. The predicted octanol–water partition coefficient (Wildman–Crippen LogP) is 1.04. The van der Waals surface area contributed by atoms with Crippen LogP contribution in [0.3, 0.4) is 0 Å². The number of rotatable bonds is 3. The maximum Gasteiger partial charge on any atom is 0.293 e. The van der Waals surface area contributed by atoms with Gasteiger partial charge in [-0.3, -0.25) is 4.79 Å². The van der Waals surface area contributed by atoms with E-state index in [9.17, 15) is 4.79 Å². The minimum Gasteiger partial charge on any atom is -0.491 e. The number of benzene rings is 1. The van der Waals surface area contributed by atoms with Crippen LogP contribution in [-0.4, -0.2) is 37.9 Å². The van der Waals surface area contributed by atoms with Crippen molar-refractivity contribution >= 4 is 5.91 Å². The first kappa shape index (κ1) is 14.4. The number of hydrogen-bond donors (Lipinski definition) is 1. The largest absolute Gasteiger partial charge is 0.491 e. The van der Waals surface area contributed by atoms with Crippen molar-refractivity contribution in [1.82, 2.24) is 30.7 Å². The van der Waals surface area contributed by atoms with E-state index in [0.717, 1.165) is 22.6 Å². The first-order valence-electron chi connectivity index (χ1n) is 7.35. The molecule has 24 heavy (non-hydrogen) atoms. The first-order valence-corrected chi connectivity index (χ1v) is 7.35. The second kappa shape index (κ2) is 5.44. The molecule has 0 bridgehead atoms. The van der Waals surface area contributed by atoms with Gasteiger partial charge in [0.15, 0.2) is 0 Å². The molecule has 1 aromatic carbocycles. The molecule has 0 radical (unpaired) electrons. The van der Waals surface area contributed by atoms with Gasteiger partial charge in [-0.15, -0.1) is 10.2 Å². The number of aryl methyl sites for hydroxylation is 2. The standard InChI is InChI=1S/C15H14N6O3/c1-8-5-11(19-24-8)9-3-4-10-12(7-23-13(10)6-9)16-15(22)14-17-20-21(2)18-14/h3-6,12H,7H2,1-2H3,(H,16,22). The fourth-order valence-corrected chi connectivity index (χ4v) is 2.59. The maximum absolute atomic E-state index is 12.1. The van der Waals surface area contributed by atoms with Crippen molar-refractivity contribution in [3.05, 3.63) is 41.4 Å². The summed E-state index contributed by atoms with van der Waals surface area (Å²) in [6, 6.07) is 7.32. The van der Waals surface area contributed by atoms with Crippen molar-refractivity contribution in [3.63, 3.8) is 0 Å². The van der Waals surface area contributed by atoms with Crippen molar-refractivity contribution in [2.45, 2.75) is 13.0 Å². The maximum atomic E-state index is 12.1. The number of tetrazole rings is 1. The molecule has 3 heterocycles. The zero-order chi connectivity index (χ0) is 16.7. The lowest BCUT2D eigenvalue weighted by atomic mass is 10.0. The topological polar surface area (TPSA) is 108 Å². The van der Waals surface area contributed by atoms with E-state index in [2.05, 4.69) is 25.9 Å². The van der Waals surface area contributed by atoms with Gasteiger partial charge in [0.1, 0.15) is 23.8 Å². The third-order valence-electron chi connectivity index (χ3n) is 3.73. The normalized spacial score (nSPS) is 15.8. The molecule has 0 aliphatic carbocycles. The Kier molecular flexibility index (Phi) is 3.26. The highest BCUT2D eigenvalue weighted by atomic mass is 16.5. The minimum atomic E-state index is -0.388. The Bertz CT molecular complexity index is 916. The van der Waals surface area contributed by atoms with E-state index in [1.54, 1.807) is 7.05 Å². The van der Waals surface area contributed by atoms with Gasteiger partial charge in [0, 0.05) is 17.2 Å². The van der Waals surface area contributed by atoms with Crippen LogP contribution in [0.25, 0.3) is 11.3 Å². The summed E-state index contributed by atoms with van der Waals surface area (Å²) in [5, 5.41) is 18.1. The van der Waals surface area contributed by atoms with Gasteiger partial charge in [-0.05, 0) is 18.2 Å². The van der Waals surface area contributed by atoms with Crippen LogP contribution in [0.2, 0.25) is 0 Å². The van der Waals surface area contributed by atoms with Crippen LogP contribution in [0.1, 0.15) is 28.0 Å². The summed E-state index contributed by atoms with van der Waals surface area (Å²) in [5.74, 6) is 1.10. The molecule has 1 aliphatic heterocycles. The predicted molar refractivity (Wildman–Crippen MR) is 81.2 cm³/mol. The molecule has 1 N–H and O–H groups in total. The Labute approximate surface area is 136 Å². The number of aromatic nitrogens is 5. The molecule has 3 aromatic rings. The second-order valence-corrected chi connectivity index (χ2v) is 5.51. The molecule has 0 saturated heterocycles. The molecule has 0 fully saturated rings. The van der Waals surface area contributed by atoms with Crippen LogP contribution in [0.15, 0.2) is 28.8 Å². The van der Waals surface area contributed by atoms with E-state index in [1.807, 2.05) is 31.2 Å². The molecule has 0 saturated carbocycles. The van der Waals surface area contributed by atoms with Crippen LogP contribution in [-0.2, 0) is 7.05 Å². The molecule has 4 rings (SSSR count). The van der Waals surface area contributed by atoms with E-state index < -0.39 is 0 Å². The van der Waals surface area contributed by atoms with E-state index in [0.29, 0.717) is 12.4 Å². The highest BCUT2D eigenvalue weighted by molar-refractivity contribution is 5.90. The van der Waals surface area contributed by atoms with Crippen molar-refractivity contribution in [1.29, 1.82) is 0 Å². The molecule has 9 nitrogen and oxygen atoms in total. The quantitative estimate of drug-likeness (QED) is 0.766. The summed E-state index contributed by atoms with van der Waals surface area (Å²) in [6.07, 6.45) is 0. The third kappa shape index (κ3) is 2.49. The lowest BCUT2D eigenvalue weighted by Gasteiger charge is -2.09. The smallest absolute Gasteiger partial charge is 0.293 e. The Morgan fingerprint density at radius 3 is 2.96 bits per heavy atom. The van der Waals surface area contributed by atoms with E-state index in [-0.39, 0.29) is 17.8 Å². The van der Waals surface area contributed by atoms with Gasteiger partial charge in [0.05, 0.1) is 13.1 Å². The monoisotopic (exact) mass is 326 g/mol. The average Bonchev–Trinajstić information content (AvgIpc) is 3.28. The minimum absolute atomic E-state index is 0.0284. The van der Waals surface area contributed by atoms with E-state index in [1.165, 1.54) is 4.80 Å². The van der Waals surface area contributed by atoms with Crippen LogP contribution >= 0.6 is 0 Å². The van der Waals surface area contributed by atoms with Crippen molar-refractivity contribution in [2.24, 2.45) is 7.05 Å². The third-order valence-corrected chi connectivity index (χ3v) is 3.73. The summed E-state index contributed by atoms with van der Waals surface area (Å²) in [7, 11) is 1.60. The van der Waals surface area contributed by atoms with Crippen LogP contribution in [0.4, 0.5) is 0 Å². The number of fused-ring (bicyclic) bond motifs is 1. The molecule has 1 amide bonds. The van der Waals surface area contributed by atoms with Gasteiger partial charge in [0.25, 0.3) is 11.7 Å². The molecule has 1 aliphatic rings. The Hall–Kier alpha value is -3.23. The molecule has 122 valence electrons. The summed E-state index contributed by atoms with van der Waals surface area (Å²) < 4.78 is 10.8. The molecule has 2 aromatic heterocycles. The number of carbonyl (C=O) groups is 1. The van der Waals surface area contributed by atoms with Crippen LogP contribution in [0, 0.1) is 6.92 Å². The second-order valence-electron chi connectivity index (χ2n) is 5.51. The van der Waals surface area contributed by atoms with E-state index >= 15 is 0 Å². The number of hydrogen-bond acceptors (Lipinski definition) is 7. The highest BCUT2D eigenvalue weighted by Crippen LogP contribution is 2.35. The zero-order valence-corrected chi connectivity index (χ0v) is 13.1. The van der Waals surface area contributed by atoms with Gasteiger partial charge in [0.2, 0.25) is 0 Å². The Balaban J connectivity index is 1.55. The van der Waals surface area contributed by atoms with Gasteiger partial charge in [-0.2, -0.15) is 4.80 Å². The van der Waals surface area contributed by atoms with Crippen molar-refractivity contribution in [2.75, 3.05) is 6.61 Å². The lowest BCUT2D eigenvalue weighted by Crippen LogP contribution is -2.30. The number of nitrogens with zero attached hydrogens (tertiary/aromatic N) is 5. The van der Waals surface area contributed by atoms with Gasteiger partial charge < -0.3 is 14.6 Å². The van der Waals surface area contributed by atoms with Gasteiger partial charge in [-0.1, -0.05) is 17.3 Å². The fourth-order valence-electron chi connectivity index (χ4n) is 2.59. The summed E-state index contributed by atoms with van der Waals surface area (Å²) >= 11 is 0. The molecule has 1 atom stereocenters. The molecule has 0 spiro atoms. The van der Waals surface area contributed by atoms with Gasteiger partial charge >= 0.3 is 0 Å². The number of carbonyl (C=O) groups excluding carboxylic acids is 1. The van der Waals surface area contributed by atoms with Gasteiger partial charge in [-0.25, -0.2) is 0 Å². The molecule has 9 heteroatoms. The van der Waals surface area contributed by atoms with Crippen molar-refractivity contribution in [3.8, 4) is 17.0 Å². The summed E-state index contributed by atoms with van der Waals surface area (Å²) in [5.41, 5.74) is 2.54. The Morgan fingerprint density at radius 2 is 2.25 bits per heavy atom. The average molecular weight is 326 g/mol. The summed E-state index contributed by atoms with van der Waals surface area (Å²) in [4.78, 5) is 13.4.